The fraction of sp³-hybridized carbons (Fsp3) is 0.571. The Morgan fingerprint density at radius 3 is 2.72 bits per heavy atom. The minimum Gasteiger partial charge on any atom is -0.504 e. The summed E-state index contributed by atoms with van der Waals surface area (Å²) in [6.45, 7) is 6.09. The van der Waals surface area contributed by atoms with Gasteiger partial charge in [0.05, 0.1) is 6.61 Å². The van der Waals surface area contributed by atoms with Crippen molar-refractivity contribution in [3.8, 4) is 0 Å². The Bertz CT molecular complexity index is 456. The normalized spacial score (nSPS) is 28.4. The molecule has 0 aromatic carbocycles. The fourth-order valence-corrected chi connectivity index (χ4v) is 2.91. The Balaban J connectivity index is 2.06. The Labute approximate surface area is 106 Å². The van der Waals surface area contributed by atoms with Gasteiger partial charge >= 0.3 is 11.8 Å². The molecular weight excluding hydrogens is 232 g/mol. The molecule has 2 atom stereocenters. The molecule has 0 heterocycles. The van der Waals surface area contributed by atoms with E-state index in [9.17, 15) is 14.7 Å². The summed E-state index contributed by atoms with van der Waals surface area (Å²) in [6, 6.07) is 0. The van der Waals surface area contributed by atoms with Gasteiger partial charge in [0.2, 0.25) is 0 Å². The van der Waals surface area contributed by atoms with Crippen LogP contribution in [0.3, 0.4) is 0 Å². The van der Waals surface area contributed by atoms with E-state index in [1.165, 1.54) is 6.08 Å². The van der Waals surface area contributed by atoms with Crippen LogP contribution in [0.25, 0.3) is 0 Å². The molecular formula is C14H18O4. The topological polar surface area (TPSA) is 63.6 Å². The van der Waals surface area contributed by atoms with Gasteiger partial charge in [0.25, 0.3) is 0 Å². The number of carbonyl (C=O) groups excluding carboxylic acids is 2. The first kappa shape index (κ1) is 12.9. The van der Waals surface area contributed by atoms with Crippen LogP contribution < -0.4 is 0 Å². The van der Waals surface area contributed by atoms with Crippen LogP contribution in [0.2, 0.25) is 0 Å². The number of fused-ring (bicyclic) bond motifs is 1. The second-order valence-electron chi connectivity index (χ2n) is 5.42. The number of allylic oxidation sites excluding steroid dienone is 3. The Kier molecular flexibility index (Phi) is 3.05. The van der Waals surface area contributed by atoms with Crippen molar-refractivity contribution in [2.75, 3.05) is 6.61 Å². The highest BCUT2D eigenvalue weighted by Crippen LogP contribution is 2.67. The molecule has 0 aromatic rings. The standard InChI is InChI=1S/C14H18O4/c1-4-18-13(17)12(16)10(15)7-8-5-6-9-11(8)14(9,2)3/h5,7,9,11,15H,4,6H2,1-3H3/b10-7-. The minimum atomic E-state index is -1.00. The number of hydrogen-bond acceptors (Lipinski definition) is 4. The van der Waals surface area contributed by atoms with E-state index in [2.05, 4.69) is 18.6 Å². The molecule has 0 amide bonds. The molecule has 0 spiro atoms. The zero-order valence-electron chi connectivity index (χ0n) is 10.9. The predicted molar refractivity (Wildman–Crippen MR) is 65.8 cm³/mol. The number of ketones is 1. The third kappa shape index (κ3) is 1.96. The predicted octanol–water partition coefficient (Wildman–Crippen LogP) is 2.16. The van der Waals surface area contributed by atoms with Crippen LogP contribution in [0.5, 0.6) is 0 Å². The summed E-state index contributed by atoms with van der Waals surface area (Å²) in [4.78, 5) is 22.7. The zero-order valence-corrected chi connectivity index (χ0v) is 10.9. The highest BCUT2D eigenvalue weighted by molar-refractivity contribution is 6.39. The third-order valence-electron chi connectivity index (χ3n) is 4.01. The summed E-state index contributed by atoms with van der Waals surface area (Å²) in [5.74, 6) is -1.50. The van der Waals surface area contributed by atoms with Crippen molar-refractivity contribution < 1.29 is 19.4 Å². The van der Waals surface area contributed by atoms with Crippen LogP contribution >= 0.6 is 0 Å². The maximum absolute atomic E-state index is 11.5. The third-order valence-corrected chi connectivity index (χ3v) is 4.01. The number of carbonyl (C=O) groups is 2. The Morgan fingerprint density at radius 1 is 1.56 bits per heavy atom. The van der Waals surface area contributed by atoms with E-state index in [1.807, 2.05) is 6.08 Å². The molecule has 2 aliphatic carbocycles. The van der Waals surface area contributed by atoms with E-state index in [-0.39, 0.29) is 12.0 Å². The summed E-state index contributed by atoms with van der Waals surface area (Å²) < 4.78 is 4.56. The van der Waals surface area contributed by atoms with Gasteiger partial charge in [0.1, 0.15) is 0 Å². The smallest absolute Gasteiger partial charge is 0.383 e. The highest BCUT2D eigenvalue weighted by Gasteiger charge is 2.60. The molecule has 0 aliphatic heterocycles. The number of hydrogen-bond donors (Lipinski definition) is 1. The second-order valence-corrected chi connectivity index (χ2v) is 5.42. The van der Waals surface area contributed by atoms with Crippen molar-refractivity contribution in [2.24, 2.45) is 17.3 Å². The van der Waals surface area contributed by atoms with Crippen molar-refractivity contribution in [3.05, 3.63) is 23.5 Å². The van der Waals surface area contributed by atoms with E-state index in [1.54, 1.807) is 6.92 Å². The summed E-state index contributed by atoms with van der Waals surface area (Å²) in [5, 5.41) is 9.65. The molecule has 0 radical (unpaired) electrons. The van der Waals surface area contributed by atoms with Crippen LogP contribution in [0.4, 0.5) is 0 Å². The largest absolute Gasteiger partial charge is 0.504 e. The van der Waals surface area contributed by atoms with Crippen molar-refractivity contribution in [3.63, 3.8) is 0 Å². The lowest BCUT2D eigenvalue weighted by atomic mass is 9.99. The van der Waals surface area contributed by atoms with E-state index < -0.39 is 17.5 Å². The fourth-order valence-electron chi connectivity index (χ4n) is 2.91. The molecule has 2 aliphatic rings. The molecule has 0 bridgehead atoms. The SMILES string of the molecule is CCOC(=O)C(=O)/C(O)=C/C1=CCC2C1C2(C)C. The zero-order chi connectivity index (χ0) is 13.5. The molecule has 1 N–H and O–H groups in total. The van der Waals surface area contributed by atoms with Crippen molar-refractivity contribution in [1.29, 1.82) is 0 Å². The number of ether oxygens (including phenoxy) is 1. The van der Waals surface area contributed by atoms with Crippen molar-refractivity contribution in [2.45, 2.75) is 27.2 Å². The molecule has 1 saturated carbocycles. The molecule has 0 aromatic heterocycles. The molecule has 2 rings (SSSR count). The van der Waals surface area contributed by atoms with Gasteiger partial charge in [-0.25, -0.2) is 4.79 Å². The molecule has 2 unspecified atom stereocenters. The van der Waals surface area contributed by atoms with Gasteiger partial charge in [0.15, 0.2) is 5.76 Å². The Hall–Kier alpha value is -1.58. The molecule has 4 heteroatoms. The molecule has 0 saturated heterocycles. The molecule has 18 heavy (non-hydrogen) atoms. The van der Waals surface area contributed by atoms with Gasteiger partial charge in [-0.05, 0) is 42.2 Å². The van der Waals surface area contributed by atoms with Gasteiger partial charge in [-0.15, -0.1) is 0 Å². The number of aliphatic hydroxyl groups excluding tert-OH is 1. The van der Waals surface area contributed by atoms with Crippen molar-refractivity contribution in [1.82, 2.24) is 0 Å². The molecule has 4 nitrogen and oxygen atoms in total. The van der Waals surface area contributed by atoms with E-state index in [4.69, 9.17) is 0 Å². The lowest BCUT2D eigenvalue weighted by Gasteiger charge is -2.07. The average molecular weight is 250 g/mol. The molecule has 1 fully saturated rings. The van der Waals surface area contributed by atoms with Gasteiger partial charge in [-0.3, -0.25) is 4.79 Å². The summed E-state index contributed by atoms with van der Waals surface area (Å²) in [7, 11) is 0. The minimum absolute atomic E-state index is 0.123. The van der Waals surface area contributed by atoms with E-state index >= 15 is 0 Å². The lowest BCUT2D eigenvalue weighted by molar-refractivity contribution is -0.152. The number of esters is 1. The Morgan fingerprint density at radius 2 is 2.22 bits per heavy atom. The first-order chi connectivity index (χ1) is 8.39. The van der Waals surface area contributed by atoms with Gasteiger partial charge in [0, 0.05) is 0 Å². The van der Waals surface area contributed by atoms with E-state index in [0.717, 1.165) is 12.0 Å². The van der Waals surface area contributed by atoms with Gasteiger partial charge in [-0.1, -0.05) is 19.9 Å². The maximum atomic E-state index is 11.5. The monoisotopic (exact) mass is 250 g/mol. The molecule has 98 valence electrons. The summed E-state index contributed by atoms with van der Waals surface area (Å²) >= 11 is 0. The second kappa shape index (κ2) is 4.26. The van der Waals surface area contributed by atoms with E-state index in [0.29, 0.717) is 11.8 Å². The van der Waals surface area contributed by atoms with Crippen LogP contribution in [0.15, 0.2) is 23.5 Å². The van der Waals surface area contributed by atoms with Crippen LogP contribution in [-0.2, 0) is 14.3 Å². The first-order valence-corrected chi connectivity index (χ1v) is 6.21. The van der Waals surface area contributed by atoms with Crippen LogP contribution in [-0.4, -0.2) is 23.5 Å². The van der Waals surface area contributed by atoms with Crippen LogP contribution in [0.1, 0.15) is 27.2 Å². The highest BCUT2D eigenvalue weighted by atomic mass is 16.5. The number of aliphatic hydroxyl groups is 1. The quantitative estimate of drug-likeness (QED) is 0.359. The van der Waals surface area contributed by atoms with Gasteiger partial charge in [-0.2, -0.15) is 0 Å². The van der Waals surface area contributed by atoms with Gasteiger partial charge < -0.3 is 9.84 Å². The number of Topliss-reactive ketones (excluding diaryl/α,β-unsaturated/α-hetero) is 1. The van der Waals surface area contributed by atoms with Crippen molar-refractivity contribution >= 4 is 11.8 Å². The maximum Gasteiger partial charge on any atom is 0.383 e. The summed E-state index contributed by atoms with van der Waals surface area (Å²) in [6.07, 6.45) is 4.41. The number of rotatable bonds is 4. The lowest BCUT2D eigenvalue weighted by Crippen LogP contribution is -2.19. The first-order valence-electron chi connectivity index (χ1n) is 6.21. The summed E-state index contributed by atoms with van der Waals surface area (Å²) in [5.41, 5.74) is 1.20. The average Bonchev–Trinajstić information content (AvgIpc) is 2.68. The van der Waals surface area contributed by atoms with Crippen LogP contribution in [0, 0.1) is 17.3 Å².